The summed E-state index contributed by atoms with van der Waals surface area (Å²) in [7, 11) is 0. The molecule has 3 rings (SSSR count). The molecule has 0 saturated heterocycles. The lowest BCUT2D eigenvalue weighted by molar-refractivity contribution is 0.0952. The number of H-pyrrole nitrogens is 1. The lowest BCUT2D eigenvalue weighted by atomic mass is 10.1. The molecule has 1 amide bonds. The van der Waals surface area contributed by atoms with E-state index in [4.69, 9.17) is 0 Å². The van der Waals surface area contributed by atoms with Crippen molar-refractivity contribution >= 4 is 16.8 Å². The minimum atomic E-state index is -0.155. The number of amides is 1. The fourth-order valence-electron chi connectivity index (χ4n) is 2.42. The second-order valence-corrected chi connectivity index (χ2v) is 5.49. The molecule has 0 aliphatic carbocycles. The van der Waals surface area contributed by atoms with E-state index in [0.717, 1.165) is 16.6 Å². The smallest absolute Gasteiger partial charge is 0.256 e. The molecule has 0 saturated carbocycles. The highest BCUT2D eigenvalue weighted by Gasteiger charge is 2.07. The Hall–Kier alpha value is -2.89. The first-order chi connectivity index (χ1) is 11.1. The van der Waals surface area contributed by atoms with Gasteiger partial charge in [-0.25, -0.2) is 4.98 Å². The second-order valence-electron chi connectivity index (χ2n) is 5.49. The lowest BCUT2D eigenvalue weighted by Crippen LogP contribution is -2.32. The van der Waals surface area contributed by atoms with Crippen LogP contribution in [-0.2, 0) is 6.54 Å². The van der Waals surface area contributed by atoms with Crippen molar-refractivity contribution in [3.05, 3.63) is 64.0 Å². The van der Waals surface area contributed by atoms with E-state index in [1.165, 1.54) is 10.9 Å². The monoisotopic (exact) mass is 310 g/mol. The SMILES string of the molecule is Cc1ncn(CCNC(=O)c2ccc3[nH]ccc3c2)c(=O)c1C. The van der Waals surface area contributed by atoms with Gasteiger partial charge >= 0.3 is 0 Å². The van der Waals surface area contributed by atoms with E-state index in [-0.39, 0.29) is 11.5 Å². The Kier molecular flexibility index (Phi) is 3.97. The number of carbonyl (C=O) groups excluding carboxylic acids is 1. The molecule has 6 heteroatoms. The molecule has 0 radical (unpaired) electrons. The normalized spacial score (nSPS) is 10.9. The fourth-order valence-corrected chi connectivity index (χ4v) is 2.42. The van der Waals surface area contributed by atoms with Crippen LogP contribution >= 0.6 is 0 Å². The summed E-state index contributed by atoms with van der Waals surface area (Å²) in [6.45, 7) is 4.32. The largest absolute Gasteiger partial charge is 0.361 e. The molecule has 0 fully saturated rings. The van der Waals surface area contributed by atoms with Gasteiger partial charge in [-0.2, -0.15) is 0 Å². The third-order valence-corrected chi connectivity index (χ3v) is 3.97. The van der Waals surface area contributed by atoms with Crippen molar-refractivity contribution < 1.29 is 4.79 Å². The molecular weight excluding hydrogens is 292 g/mol. The molecule has 0 aliphatic heterocycles. The van der Waals surface area contributed by atoms with Crippen LogP contribution in [0.1, 0.15) is 21.6 Å². The Balaban J connectivity index is 1.65. The highest BCUT2D eigenvalue weighted by molar-refractivity contribution is 5.98. The maximum Gasteiger partial charge on any atom is 0.256 e. The number of carbonyl (C=O) groups is 1. The molecule has 0 bridgehead atoms. The van der Waals surface area contributed by atoms with Crippen molar-refractivity contribution in [1.82, 2.24) is 19.9 Å². The number of hydrogen-bond acceptors (Lipinski definition) is 3. The minimum absolute atomic E-state index is 0.0690. The van der Waals surface area contributed by atoms with Gasteiger partial charge in [-0.05, 0) is 38.1 Å². The van der Waals surface area contributed by atoms with Crippen LogP contribution in [0.25, 0.3) is 10.9 Å². The molecule has 2 aromatic heterocycles. The maximum absolute atomic E-state index is 12.2. The molecule has 0 aliphatic rings. The van der Waals surface area contributed by atoms with Gasteiger partial charge in [-0.3, -0.25) is 14.2 Å². The van der Waals surface area contributed by atoms with Gasteiger partial charge in [0, 0.05) is 47.0 Å². The highest BCUT2D eigenvalue weighted by atomic mass is 16.1. The number of nitrogens with zero attached hydrogens (tertiary/aromatic N) is 2. The Labute approximate surface area is 133 Å². The standard InChI is InChI=1S/C17H18N4O2/c1-11-12(2)20-10-21(17(11)23)8-7-19-16(22)14-3-4-15-13(9-14)5-6-18-15/h3-6,9-10,18H,7-8H2,1-2H3,(H,19,22). The average Bonchev–Trinajstić information content (AvgIpc) is 3.02. The zero-order valence-electron chi connectivity index (χ0n) is 13.1. The zero-order chi connectivity index (χ0) is 16.4. The summed E-state index contributed by atoms with van der Waals surface area (Å²) in [6.07, 6.45) is 3.36. The van der Waals surface area contributed by atoms with Crippen molar-refractivity contribution in [2.75, 3.05) is 6.54 Å². The van der Waals surface area contributed by atoms with Gasteiger partial charge in [0.05, 0.1) is 6.33 Å². The Morgan fingerprint density at radius 1 is 1.30 bits per heavy atom. The summed E-state index contributed by atoms with van der Waals surface area (Å²) >= 11 is 0. The lowest BCUT2D eigenvalue weighted by Gasteiger charge is -2.09. The number of nitrogens with one attached hydrogen (secondary N) is 2. The number of aromatic amines is 1. The number of aryl methyl sites for hydroxylation is 1. The first-order valence-electron chi connectivity index (χ1n) is 7.44. The van der Waals surface area contributed by atoms with E-state index in [9.17, 15) is 9.59 Å². The predicted octanol–water partition coefficient (Wildman–Crippen LogP) is 1.77. The van der Waals surface area contributed by atoms with E-state index in [1.54, 1.807) is 19.9 Å². The van der Waals surface area contributed by atoms with Crippen LogP contribution in [-0.4, -0.2) is 27.0 Å². The molecule has 118 valence electrons. The number of benzene rings is 1. The third kappa shape index (κ3) is 3.01. The number of rotatable bonds is 4. The molecule has 0 unspecified atom stereocenters. The first kappa shape index (κ1) is 15.0. The fraction of sp³-hybridized carbons (Fsp3) is 0.235. The highest BCUT2D eigenvalue weighted by Crippen LogP contribution is 2.14. The number of hydrogen-bond donors (Lipinski definition) is 2. The summed E-state index contributed by atoms with van der Waals surface area (Å²) in [4.78, 5) is 31.5. The molecule has 0 atom stereocenters. The van der Waals surface area contributed by atoms with Gasteiger partial charge in [0.1, 0.15) is 0 Å². The van der Waals surface area contributed by atoms with Crippen LogP contribution in [0, 0.1) is 13.8 Å². The van der Waals surface area contributed by atoms with Crippen LogP contribution in [0.4, 0.5) is 0 Å². The van der Waals surface area contributed by atoms with Crippen LogP contribution < -0.4 is 10.9 Å². The third-order valence-electron chi connectivity index (χ3n) is 3.97. The van der Waals surface area contributed by atoms with Crippen molar-refractivity contribution in [3.8, 4) is 0 Å². The van der Waals surface area contributed by atoms with Crippen LogP contribution in [0.3, 0.4) is 0 Å². The van der Waals surface area contributed by atoms with E-state index >= 15 is 0 Å². The molecule has 23 heavy (non-hydrogen) atoms. The van der Waals surface area contributed by atoms with Crippen molar-refractivity contribution in [1.29, 1.82) is 0 Å². The summed E-state index contributed by atoms with van der Waals surface area (Å²) in [5, 5.41) is 3.82. The molecule has 2 heterocycles. The van der Waals surface area contributed by atoms with Crippen LogP contribution in [0.2, 0.25) is 0 Å². The van der Waals surface area contributed by atoms with Gasteiger partial charge in [0.15, 0.2) is 0 Å². The van der Waals surface area contributed by atoms with Gasteiger partial charge in [0.25, 0.3) is 11.5 Å². The summed E-state index contributed by atoms with van der Waals surface area (Å²) < 4.78 is 1.51. The van der Waals surface area contributed by atoms with E-state index in [0.29, 0.717) is 24.2 Å². The molecule has 6 nitrogen and oxygen atoms in total. The molecule has 0 spiro atoms. The number of aromatic nitrogens is 3. The summed E-state index contributed by atoms with van der Waals surface area (Å²) in [5.74, 6) is -0.155. The van der Waals surface area contributed by atoms with Gasteiger partial charge in [-0.1, -0.05) is 0 Å². The Morgan fingerprint density at radius 3 is 2.96 bits per heavy atom. The minimum Gasteiger partial charge on any atom is -0.361 e. The zero-order valence-corrected chi connectivity index (χ0v) is 13.1. The van der Waals surface area contributed by atoms with Crippen LogP contribution in [0.15, 0.2) is 41.6 Å². The molecule has 2 N–H and O–H groups in total. The topological polar surface area (TPSA) is 79.8 Å². The van der Waals surface area contributed by atoms with Gasteiger partial charge in [-0.15, -0.1) is 0 Å². The number of fused-ring (bicyclic) bond motifs is 1. The van der Waals surface area contributed by atoms with Crippen molar-refractivity contribution in [3.63, 3.8) is 0 Å². The van der Waals surface area contributed by atoms with E-state index < -0.39 is 0 Å². The first-order valence-corrected chi connectivity index (χ1v) is 7.44. The quantitative estimate of drug-likeness (QED) is 0.771. The van der Waals surface area contributed by atoms with Crippen molar-refractivity contribution in [2.45, 2.75) is 20.4 Å². The predicted molar refractivity (Wildman–Crippen MR) is 88.6 cm³/mol. The van der Waals surface area contributed by atoms with Gasteiger partial charge < -0.3 is 10.3 Å². The second kappa shape index (κ2) is 6.08. The Bertz CT molecular complexity index is 924. The van der Waals surface area contributed by atoms with Gasteiger partial charge in [0.2, 0.25) is 0 Å². The van der Waals surface area contributed by atoms with E-state index in [2.05, 4.69) is 15.3 Å². The summed E-state index contributed by atoms with van der Waals surface area (Å²) in [6, 6.07) is 7.41. The molecule has 1 aromatic carbocycles. The van der Waals surface area contributed by atoms with Crippen molar-refractivity contribution in [2.24, 2.45) is 0 Å². The molecular formula is C17H18N4O2. The average molecular weight is 310 g/mol. The molecule has 3 aromatic rings. The summed E-state index contributed by atoms with van der Waals surface area (Å²) in [5.41, 5.74) is 2.89. The Morgan fingerprint density at radius 2 is 2.13 bits per heavy atom. The maximum atomic E-state index is 12.2. The van der Waals surface area contributed by atoms with E-state index in [1.807, 2.05) is 24.4 Å². The van der Waals surface area contributed by atoms with Crippen LogP contribution in [0.5, 0.6) is 0 Å².